The molecule has 0 radical (unpaired) electrons. The molecule has 1 saturated carbocycles. The predicted molar refractivity (Wildman–Crippen MR) is 39.5 cm³/mol. The van der Waals surface area contributed by atoms with Crippen LogP contribution in [0, 0.1) is 5.41 Å². The summed E-state index contributed by atoms with van der Waals surface area (Å²) in [6.07, 6.45) is 0.648. The van der Waals surface area contributed by atoms with Gasteiger partial charge in [-0.25, -0.2) is 0 Å². The van der Waals surface area contributed by atoms with Crippen molar-refractivity contribution in [2.75, 3.05) is 0 Å². The zero-order valence-corrected chi connectivity index (χ0v) is 6.49. The summed E-state index contributed by atoms with van der Waals surface area (Å²) in [5, 5.41) is 17.4. The Morgan fingerprint density at radius 3 is 2.00 bits per heavy atom. The van der Waals surface area contributed by atoms with Crippen LogP contribution in [0.3, 0.4) is 0 Å². The van der Waals surface area contributed by atoms with Gasteiger partial charge in [0, 0.05) is 6.04 Å². The molecule has 1 rings (SSSR count). The van der Waals surface area contributed by atoms with E-state index in [-0.39, 0.29) is 18.9 Å². The van der Waals surface area contributed by atoms with Gasteiger partial charge >= 0.3 is 11.9 Å². The first-order valence-corrected chi connectivity index (χ1v) is 3.71. The third-order valence-electron chi connectivity index (χ3n) is 2.37. The average Bonchev–Trinajstić information content (AvgIpc) is 2.32. The van der Waals surface area contributed by atoms with E-state index in [4.69, 9.17) is 15.9 Å². The van der Waals surface area contributed by atoms with Gasteiger partial charge in [0.2, 0.25) is 0 Å². The number of carboxylic acid groups (broad SMARTS) is 2. The van der Waals surface area contributed by atoms with Crippen molar-refractivity contribution in [1.82, 2.24) is 0 Å². The van der Waals surface area contributed by atoms with Crippen LogP contribution in [0.1, 0.15) is 19.3 Å². The van der Waals surface area contributed by atoms with Gasteiger partial charge in [0.1, 0.15) is 0 Å². The van der Waals surface area contributed by atoms with Gasteiger partial charge < -0.3 is 15.9 Å². The summed E-state index contributed by atoms with van der Waals surface area (Å²) in [5.41, 5.74) is 3.83. The quantitative estimate of drug-likeness (QED) is 0.495. The normalized spacial score (nSPS) is 26.9. The Labute approximate surface area is 69.2 Å². The molecule has 0 aliphatic heterocycles. The third kappa shape index (κ3) is 1.16. The molecule has 5 nitrogen and oxygen atoms in total. The maximum atomic E-state index is 10.7. The maximum Gasteiger partial charge on any atom is 0.321 e. The second kappa shape index (κ2) is 2.75. The number of carboxylic acids is 2. The molecule has 1 fully saturated rings. The van der Waals surface area contributed by atoms with Crippen LogP contribution in [0.15, 0.2) is 0 Å². The molecule has 0 bridgehead atoms. The minimum absolute atomic E-state index is 0.0394. The van der Waals surface area contributed by atoms with E-state index in [2.05, 4.69) is 0 Å². The molecular weight excluding hydrogens is 162 g/mol. The van der Waals surface area contributed by atoms with Crippen molar-refractivity contribution in [2.24, 2.45) is 11.1 Å². The Morgan fingerprint density at radius 1 is 1.33 bits per heavy atom. The molecule has 4 N–H and O–H groups in total. The van der Waals surface area contributed by atoms with Crippen LogP contribution in [-0.2, 0) is 9.59 Å². The standard InChI is InChI=1S/C7H11NO4/c8-4-1-2-7(3-4,5(9)10)6(11)12/h4H,1-3,8H2,(H,9,10)(H,11,12)/t4-/m0/s1. The minimum atomic E-state index is -1.63. The van der Waals surface area contributed by atoms with Gasteiger partial charge in [0.25, 0.3) is 0 Å². The Hall–Kier alpha value is -1.10. The lowest BCUT2D eigenvalue weighted by Gasteiger charge is -2.17. The second-order valence-electron chi connectivity index (χ2n) is 3.20. The first-order chi connectivity index (χ1) is 5.49. The SMILES string of the molecule is N[C@H]1CCC(C(=O)O)(C(=O)O)C1. The molecule has 0 aromatic carbocycles. The van der Waals surface area contributed by atoms with Gasteiger partial charge in [-0.1, -0.05) is 0 Å². The van der Waals surface area contributed by atoms with Crippen LogP contribution in [-0.4, -0.2) is 28.2 Å². The van der Waals surface area contributed by atoms with E-state index in [1.54, 1.807) is 0 Å². The highest BCUT2D eigenvalue weighted by Crippen LogP contribution is 2.37. The van der Waals surface area contributed by atoms with Crippen molar-refractivity contribution >= 4 is 11.9 Å². The Kier molecular flexibility index (Phi) is 2.06. The maximum absolute atomic E-state index is 10.7. The minimum Gasteiger partial charge on any atom is -0.480 e. The van der Waals surface area contributed by atoms with Crippen LogP contribution in [0.25, 0.3) is 0 Å². The third-order valence-corrected chi connectivity index (χ3v) is 2.37. The van der Waals surface area contributed by atoms with Crippen molar-refractivity contribution in [3.8, 4) is 0 Å². The lowest BCUT2D eigenvalue weighted by Crippen LogP contribution is -2.38. The zero-order chi connectivity index (χ0) is 9.35. The van der Waals surface area contributed by atoms with Gasteiger partial charge in [-0.2, -0.15) is 0 Å². The molecule has 5 heteroatoms. The van der Waals surface area contributed by atoms with Gasteiger partial charge in [-0.05, 0) is 19.3 Å². The summed E-state index contributed by atoms with van der Waals surface area (Å²) < 4.78 is 0. The van der Waals surface area contributed by atoms with Gasteiger partial charge in [-0.15, -0.1) is 0 Å². The number of hydrogen-bond acceptors (Lipinski definition) is 3. The largest absolute Gasteiger partial charge is 0.480 e. The molecule has 0 aromatic rings. The summed E-state index contributed by atoms with van der Waals surface area (Å²) in [6, 6.07) is -0.294. The molecule has 1 aliphatic carbocycles. The van der Waals surface area contributed by atoms with Crippen molar-refractivity contribution in [1.29, 1.82) is 0 Å². The van der Waals surface area contributed by atoms with Crippen LogP contribution in [0.5, 0.6) is 0 Å². The Bertz CT molecular complexity index is 211. The molecule has 0 aromatic heterocycles. The van der Waals surface area contributed by atoms with Gasteiger partial charge in [0.05, 0.1) is 0 Å². The summed E-state index contributed by atoms with van der Waals surface area (Å²) in [5.74, 6) is -2.55. The van der Waals surface area contributed by atoms with E-state index in [1.807, 2.05) is 0 Å². The van der Waals surface area contributed by atoms with Crippen LogP contribution in [0.4, 0.5) is 0 Å². The fraction of sp³-hybridized carbons (Fsp3) is 0.714. The Morgan fingerprint density at radius 2 is 1.83 bits per heavy atom. The molecule has 0 heterocycles. The Balaban J connectivity index is 2.89. The van der Waals surface area contributed by atoms with Gasteiger partial charge in [0.15, 0.2) is 5.41 Å². The van der Waals surface area contributed by atoms with Crippen molar-refractivity contribution in [3.63, 3.8) is 0 Å². The van der Waals surface area contributed by atoms with Crippen molar-refractivity contribution in [2.45, 2.75) is 25.3 Å². The van der Waals surface area contributed by atoms with Gasteiger partial charge in [-0.3, -0.25) is 9.59 Å². The lowest BCUT2D eigenvalue weighted by molar-refractivity contribution is -0.164. The number of nitrogens with two attached hydrogens (primary N) is 1. The van der Waals surface area contributed by atoms with E-state index >= 15 is 0 Å². The monoisotopic (exact) mass is 173 g/mol. The second-order valence-corrected chi connectivity index (χ2v) is 3.20. The number of aliphatic carboxylic acids is 2. The predicted octanol–water partition coefficient (Wildman–Crippen LogP) is -0.347. The van der Waals surface area contributed by atoms with Crippen LogP contribution < -0.4 is 5.73 Å². The topological polar surface area (TPSA) is 101 Å². The molecule has 0 unspecified atom stereocenters. The average molecular weight is 173 g/mol. The van der Waals surface area contributed by atoms with Crippen molar-refractivity contribution < 1.29 is 19.8 Å². The van der Waals surface area contributed by atoms with E-state index in [1.165, 1.54) is 0 Å². The first kappa shape index (κ1) is 8.99. The summed E-state index contributed by atoms with van der Waals surface area (Å²) in [7, 11) is 0. The zero-order valence-electron chi connectivity index (χ0n) is 6.49. The van der Waals surface area contributed by atoms with Crippen LogP contribution >= 0.6 is 0 Å². The van der Waals surface area contributed by atoms with E-state index in [0.717, 1.165) is 0 Å². The molecular formula is C7H11NO4. The first-order valence-electron chi connectivity index (χ1n) is 3.71. The molecule has 12 heavy (non-hydrogen) atoms. The fourth-order valence-corrected chi connectivity index (χ4v) is 1.56. The summed E-state index contributed by atoms with van der Waals surface area (Å²) in [6.45, 7) is 0. The van der Waals surface area contributed by atoms with Crippen molar-refractivity contribution in [3.05, 3.63) is 0 Å². The smallest absolute Gasteiger partial charge is 0.321 e. The molecule has 0 spiro atoms. The highest BCUT2D eigenvalue weighted by atomic mass is 16.4. The molecule has 1 atom stereocenters. The highest BCUT2D eigenvalue weighted by molar-refractivity contribution is 5.98. The number of carbonyl (C=O) groups is 2. The van der Waals surface area contributed by atoms with E-state index in [9.17, 15) is 9.59 Å². The molecule has 0 amide bonds. The summed E-state index contributed by atoms with van der Waals surface area (Å²) in [4.78, 5) is 21.3. The summed E-state index contributed by atoms with van der Waals surface area (Å²) >= 11 is 0. The van der Waals surface area contributed by atoms with Crippen LogP contribution in [0.2, 0.25) is 0 Å². The number of rotatable bonds is 2. The lowest BCUT2D eigenvalue weighted by atomic mass is 9.86. The fourth-order valence-electron chi connectivity index (χ4n) is 1.56. The van der Waals surface area contributed by atoms with E-state index < -0.39 is 17.4 Å². The highest BCUT2D eigenvalue weighted by Gasteiger charge is 2.51. The molecule has 68 valence electrons. The van der Waals surface area contributed by atoms with E-state index in [0.29, 0.717) is 6.42 Å². The molecule has 0 saturated heterocycles. The molecule has 1 aliphatic rings. The number of hydrogen-bond donors (Lipinski definition) is 3.